The van der Waals surface area contributed by atoms with Crippen molar-refractivity contribution in [2.24, 2.45) is 0 Å². The van der Waals surface area contributed by atoms with E-state index in [2.05, 4.69) is 11.8 Å². The summed E-state index contributed by atoms with van der Waals surface area (Å²) in [6.07, 6.45) is 0. The predicted molar refractivity (Wildman–Crippen MR) is 76.5 cm³/mol. The maximum atomic E-state index is 12.5. The number of rotatable bonds is 3. The third-order valence-electron chi connectivity index (χ3n) is 3.08. The minimum absolute atomic E-state index is 0.160. The zero-order valence-corrected chi connectivity index (χ0v) is 12.5. The van der Waals surface area contributed by atoms with E-state index in [0.717, 1.165) is 0 Å². The average Bonchev–Trinajstić information content (AvgIpc) is 2.53. The van der Waals surface area contributed by atoms with Crippen LogP contribution in [0.15, 0.2) is 23.1 Å². The lowest BCUT2D eigenvalue weighted by atomic mass is 10.2. The number of benzene rings is 1. The number of methoxy groups -OCH3 is 1. The highest BCUT2D eigenvalue weighted by atomic mass is 32.2. The van der Waals surface area contributed by atoms with Gasteiger partial charge in [-0.25, -0.2) is 8.42 Å². The van der Waals surface area contributed by atoms with Crippen LogP contribution in [0.25, 0.3) is 0 Å². The van der Waals surface area contributed by atoms with Gasteiger partial charge in [-0.05, 0) is 18.2 Å². The Morgan fingerprint density at radius 3 is 2.71 bits per heavy atom. The minimum atomic E-state index is -3.57. The molecule has 1 aliphatic rings. The lowest BCUT2D eigenvalue weighted by Gasteiger charge is -2.26. The summed E-state index contributed by atoms with van der Waals surface area (Å²) in [4.78, 5) is 0.160. The monoisotopic (exact) mass is 311 g/mol. The van der Waals surface area contributed by atoms with Gasteiger partial charge in [0.1, 0.15) is 12.4 Å². The Hall–Kier alpha value is -1.59. The van der Waals surface area contributed by atoms with Crippen molar-refractivity contribution in [1.82, 2.24) is 4.31 Å². The normalized spacial score (nSPS) is 16.1. The van der Waals surface area contributed by atoms with Crippen molar-refractivity contribution in [2.45, 2.75) is 4.90 Å². The van der Waals surface area contributed by atoms with E-state index >= 15 is 0 Å². The molecule has 1 N–H and O–H groups in total. The lowest BCUT2D eigenvalue weighted by molar-refractivity contribution is 0.0730. The van der Waals surface area contributed by atoms with E-state index in [4.69, 9.17) is 14.6 Å². The number of ether oxygens (including phenoxy) is 2. The number of sulfonamides is 1. The van der Waals surface area contributed by atoms with Gasteiger partial charge in [-0.2, -0.15) is 4.31 Å². The number of hydrogen-bond acceptors (Lipinski definition) is 5. The quantitative estimate of drug-likeness (QED) is 0.799. The number of morpholine rings is 1. The van der Waals surface area contributed by atoms with Gasteiger partial charge < -0.3 is 14.6 Å². The molecular formula is C14H17NO5S. The maximum absolute atomic E-state index is 12.5. The molecule has 7 heteroatoms. The van der Waals surface area contributed by atoms with Crippen LogP contribution in [0, 0.1) is 11.8 Å². The van der Waals surface area contributed by atoms with E-state index < -0.39 is 10.0 Å². The van der Waals surface area contributed by atoms with Crippen molar-refractivity contribution in [1.29, 1.82) is 0 Å². The van der Waals surface area contributed by atoms with E-state index in [1.165, 1.54) is 23.5 Å². The summed E-state index contributed by atoms with van der Waals surface area (Å²) in [5, 5.41) is 8.77. The van der Waals surface area contributed by atoms with Crippen LogP contribution in [0.5, 0.6) is 5.75 Å². The molecular weight excluding hydrogens is 294 g/mol. The molecule has 6 nitrogen and oxygen atoms in total. The third kappa shape index (κ3) is 3.54. The van der Waals surface area contributed by atoms with Gasteiger partial charge in [-0.3, -0.25) is 0 Å². The SMILES string of the molecule is COc1ccc(S(=O)(=O)N2CCOCC2)cc1C#CCO. The number of hydrogen-bond donors (Lipinski definition) is 1. The molecule has 0 radical (unpaired) electrons. The molecule has 0 amide bonds. The summed E-state index contributed by atoms with van der Waals surface area (Å²) in [6, 6.07) is 4.52. The van der Waals surface area contributed by atoms with E-state index in [1.807, 2.05) is 0 Å². The minimum Gasteiger partial charge on any atom is -0.495 e. The molecule has 0 atom stereocenters. The second kappa shape index (κ2) is 6.91. The lowest BCUT2D eigenvalue weighted by Crippen LogP contribution is -2.40. The molecule has 0 bridgehead atoms. The van der Waals surface area contributed by atoms with Crippen molar-refractivity contribution in [3.8, 4) is 17.6 Å². The van der Waals surface area contributed by atoms with Crippen LogP contribution >= 0.6 is 0 Å². The molecule has 1 aliphatic heterocycles. The average molecular weight is 311 g/mol. The van der Waals surface area contributed by atoms with Gasteiger partial charge in [0.25, 0.3) is 0 Å². The topological polar surface area (TPSA) is 76.1 Å². The van der Waals surface area contributed by atoms with Gasteiger partial charge >= 0.3 is 0 Å². The molecule has 1 aromatic rings. The van der Waals surface area contributed by atoms with Crippen LogP contribution < -0.4 is 4.74 Å². The molecule has 0 saturated carbocycles. The van der Waals surface area contributed by atoms with Gasteiger partial charge in [0.05, 0.1) is 30.8 Å². The molecule has 114 valence electrons. The first-order valence-corrected chi connectivity index (χ1v) is 7.89. The Bertz CT molecular complexity index is 654. The fourth-order valence-electron chi connectivity index (χ4n) is 2.02. The second-order valence-electron chi connectivity index (χ2n) is 4.34. The largest absolute Gasteiger partial charge is 0.495 e. The van der Waals surface area contributed by atoms with Crippen LogP contribution in [-0.4, -0.2) is 57.8 Å². The number of aliphatic hydroxyl groups excluding tert-OH is 1. The Morgan fingerprint density at radius 1 is 1.38 bits per heavy atom. The Labute approximate surface area is 124 Å². The van der Waals surface area contributed by atoms with Crippen LogP contribution in [0.2, 0.25) is 0 Å². The number of nitrogens with zero attached hydrogens (tertiary/aromatic N) is 1. The van der Waals surface area contributed by atoms with E-state index in [1.54, 1.807) is 6.07 Å². The van der Waals surface area contributed by atoms with Crippen LogP contribution in [0.1, 0.15) is 5.56 Å². The highest BCUT2D eigenvalue weighted by Crippen LogP contribution is 2.24. The van der Waals surface area contributed by atoms with Gasteiger partial charge in [0.2, 0.25) is 10.0 Å². The molecule has 1 heterocycles. The van der Waals surface area contributed by atoms with Crippen LogP contribution in [-0.2, 0) is 14.8 Å². The predicted octanol–water partition coefficient (Wildman–Crippen LogP) is 0.0599. The zero-order chi connectivity index (χ0) is 15.3. The van der Waals surface area contributed by atoms with Crippen molar-refractivity contribution >= 4 is 10.0 Å². The first-order chi connectivity index (χ1) is 10.1. The summed E-state index contributed by atoms with van der Waals surface area (Å²) < 4.78 is 36.8. The Morgan fingerprint density at radius 2 is 2.10 bits per heavy atom. The maximum Gasteiger partial charge on any atom is 0.243 e. The highest BCUT2D eigenvalue weighted by Gasteiger charge is 2.26. The number of aliphatic hydroxyl groups is 1. The molecule has 1 saturated heterocycles. The van der Waals surface area contributed by atoms with Crippen LogP contribution in [0.4, 0.5) is 0 Å². The molecule has 21 heavy (non-hydrogen) atoms. The summed E-state index contributed by atoms with van der Waals surface area (Å²) in [5.41, 5.74) is 0.431. The van der Waals surface area contributed by atoms with Crippen molar-refractivity contribution in [3.63, 3.8) is 0 Å². The second-order valence-corrected chi connectivity index (χ2v) is 6.28. The van der Waals surface area contributed by atoms with Gasteiger partial charge in [-0.15, -0.1) is 0 Å². The molecule has 0 spiro atoms. The summed E-state index contributed by atoms with van der Waals surface area (Å²) in [5.74, 6) is 5.66. The Kier molecular flexibility index (Phi) is 5.20. The standard InChI is InChI=1S/C14H17NO5S/c1-19-14-5-4-13(11-12(14)3-2-8-16)21(17,18)15-6-9-20-10-7-15/h4-5,11,16H,6-10H2,1H3. The fourth-order valence-corrected chi connectivity index (χ4v) is 3.45. The molecule has 2 rings (SSSR count). The van der Waals surface area contributed by atoms with Crippen molar-refractivity contribution in [3.05, 3.63) is 23.8 Å². The van der Waals surface area contributed by atoms with Gasteiger partial charge in [-0.1, -0.05) is 11.8 Å². The van der Waals surface area contributed by atoms with Crippen LogP contribution in [0.3, 0.4) is 0 Å². The fraction of sp³-hybridized carbons (Fsp3) is 0.429. The Balaban J connectivity index is 2.39. The molecule has 0 aromatic heterocycles. The van der Waals surface area contributed by atoms with Gasteiger partial charge in [0.15, 0.2) is 0 Å². The van der Waals surface area contributed by atoms with Gasteiger partial charge in [0, 0.05) is 13.1 Å². The van der Waals surface area contributed by atoms with Crippen molar-refractivity contribution in [2.75, 3.05) is 40.0 Å². The van der Waals surface area contributed by atoms with Crippen molar-refractivity contribution < 1.29 is 23.0 Å². The zero-order valence-electron chi connectivity index (χ0n) is 11.7. The van der Waals surface area contributed by atoms with E-state index in [9.17, 15) is 8.42 Å². The highest BCUT2D eigenvalue weighted by molar-refractivity contribution is 7.89. The summed E-state index contributed by atoms with van der Waals surface area (Å²) in [6.45, 7) is 1.17. The van der Waals surface area contributed by atoms with E-state index in [-0.39, 0.29) is 11.5 Å². The molecule has 0 unspecified atom stereocenters. The summed E-state index contributed by atoms with van der Waals surface area (Å²) >= 11 is 0. The first-order valence-electron chi connectivity index (χ1n) is 6.45. The molecule has 1 fully saturated rings. The third-order valence-corrected chi connectivity index (χ3v) is 4.98. The smallest absolute Gasteiger partial charge is 0.243 e. The molecule has 0 aliphatic carbocycles. The molecule has 1 aromatic carbocycles. The first kappa shape index (κ1) is 15.8. The van der Waals surface area contributed by atoms with E-state index in [0.29, 0.717) is 37.6 Å². The summed E-state index contributed by atoms with van der Waals surface area (Å²) in [7, 11) is -2.09.